The lowest BCUT2D eigenvalue weighted by molar-refractivity contribution is -0.147. The van der Waals surface area contributed by atoms with Gasteiger partial charge >= 0.3 is 5.97 Å². The summed E-state index contributed by atoms with van der Waals surface area (Å²) in [6, 6.07) is 5.67. The van der Waals surface area contributed by atoms with Crippen molar-refractivity contribution < 1.29 is 19.8 Å². The Balaban J connectivity index is 2.98. The van der Waals surface area contributed by atoms with Crippen molar-refractivity contribution in [1.29, 1.82) is 0 Å². The molecule has 1 aromatic carbocycles. The van der Waals surface area contributed by atoms with Gasteiger partial charge in [-0.1, -0.05) is 0 Å². The number of carboxylic acids is 1. The lowest BCUT2D eigenvalue weighted by Crippen LogP contribution is -2.50. The van der Waals surface area contributed by atoms with E-state index in [0.29, 0.717) is 5.56 Å². The molecule has 1 rings (SSSR count). The van der Waals surface area contributed by atoms with Crippen LogP contribution in [0.15, 0.2) is 24.3 Å². The lowest BCUT2D eigenvalue weighted by atomic mass is 10.0. The summed E-state index contributed by atoms with van der Waals surface area (Å²) in [4.78, 5) is 24.2. The van der Waals surface area contributed by atoms with E-state index in [4.69, 9.17) is 10.2 Å². The largest absolute Gasteiger partial charge is 0.508 e. The summed E-state index contributed by atoms with van der Waals surface area (Å²) in [5, 5.41) is 18.1. The number of carbonyl (C=O) groups is 2. The Hall–Kier alpha value is -2.04. The van der Waals surface area contributed by atoms with E-state index in [1.54, 1.807) is 0 Å². The highest BCUT2D eigenvalue weighted by Crippen LogP contribution is 2.17. The van der Waals surface area contributed by atoms with Crippen LogP contribution in [0.25, 0.3) is 0 Å². The predicted octanol–water partition coefficient (Wildman–Crippen LogP) is 1.33. The predicted molar refractivity (Wildman–Crippen MR) is 61.9 cm³/mol. The maximum atomic E-state index is 12.0. The first-order chi connectivity index (χ1) is 7.76. The van der Waals surface area contributed by atoms with Crippen LogP contribution in [0.2, 0.25) is 0 Å². The average molecular weight is 237 g/mol. The van der Waals surface area contributed by atoms with Crippen LogP contribution in [0, 0.1) is 0 Å². The fourth-order valence-electron chi connectivity index (χ4n) is 1.19. The van der Waals surface area contributed by atoms with E-state index in [1.165, 1.54) is 45.2 Å². The minimum atomic E-state index is -1.28. The molecule has 0 saturated carbocycles. The molecule has 0 aliphatic carbocycles. The molecule has 1 amide bonds. The van der Waals surface area contributed by atoms with E-state index >= 15 is 0 Å². The number of phenols is 1. The topological polar surface area (TPSA) is 77.8 Å². The number of nitrogens with zero attached hydrogens (tertiary/aromatic N) is 1. The molecule has 0 bridgehead atoms. The molecule has 1 aromatic rings. The van der Waals surface area contributed by atoms with Crippen molar-refractivity contribution in [1.82, 2.24) is 4.90 Å². The fourth-order valence-corrected chi connectivity index (χ4v) is 1.19. The van der Waals surface area contributed by atoms with E-state index in [0.717, 1.165) is 4.90 Å². The van der Waals surface area contributed by atoms with E-state index in [1.807, 2.05) is 0 Å². The van der Waals surface area contributed by atoms with Gasteiger partial charge in [0.2, 0.25) is 0 Å². The number of hydrogen-bond acceptors (Lipinski definition) is 3. The van der Waals surface area contributed by atoms with E-state index in [9.17, 15) is 9.59 Å². The highest BCUT2D eigenvalue weighted by atomic mass is 16.4. The van der Waals surface area contributed by atoms with Crippen molar-refractivity contribution in [3.63, 3.8) is 0 Å². The summed E-state index contributed by atoms with van der Waals surface area (Å²) in [5.41, 5.74) is -0.950. The second-order valence-electron chi connectivity index (χ2n) is 4.28. The van der Waals surface area contributed by atoms with Gasteiger partial charge in [-0.3, -0.25) is 4.79 Å². The van der Waals surface area contributed by atoms with Crippen LogP contribution in [0.1, 0.15) is 24.2 Å². The van der Waals surface area contributed by atoms with Gasteiger partial charge in [0, 0.05) is 12.6 Å². The summed E-state index contributed by atoms with van der Waals surface area (Å²) in [6.45, 7) is 2.90. The van der Waals surface area contributed by atoms with Crippen molar-refractivity contribution in [2.75, 3.05) is 7.05 Å². The highest BCUT2D eigenvalue weighted by Gasteiger charge is 2.35. The number of likely N-dealkylation sites (N-methyl/N-ethyl adjacent to an activating group) is 1. The van der Waals surface area contributed by atoms with E-state index < -0.39 is 17.4 Å². The Kier molecular flexibility index (Phi) is 3.41. The van der Waals surface area contributed by atoms with Crippen molar-refractivity contribution in [3.05, 3.63) is 29.8 Å². The zero-order chi connectivity index (χ0) is 13.2. The van der Waals surface area contributed by atoms with E-state index in [2.05, 4.69) is 0 Å². The van der Waals surface area contributed by atoms with Crippen LogP contribution in [-0.2, 0) is 4.79 Å². The highest BCUT2D eigenvalue weighted by molar-refractivity contribution is 5.97. The molecule has 0 heterocycles. The third-order valence-electron chi connectivity index (χ3n) is 2.78. The normalized spacial score (nSPS) is 11.0. The van der Waals surface area contributed by atoms with Crippen LogP contribution >= 0.6 is 0 Å². The van der Waals surface area contributed by atoms with Crippen LogP contribution in [0.5, 0.6) is 5.75 Å². The van der Waals surface area contributed by atoms with Gasteiger partial charge in [0.25, 0.3) is 5.91 Å². The van der Waals surface area contributed by atoms with Gasteiger partial charge in [0.1, 0.15) is 11.3 Å². The van der Waals surface area contributed by atoms with Crippen molar-refractivity contribution in [2.24, 2.45) is 0 Å². The number of carboxylic acid groups (broad SMARTS) is 1. The quantitative estimate of drug-likeness (QED) is 0.831. The molecule has 92 valence electrons. The molecule has 0 aliphatic rings. The number of hydrogen-bond donors (Lipinski definition) is 2. The van der Waals surface area contributed by atoms with Crippen LogP contribution in [0.4, 0.5) is 0 Å². The Bertz CT molecular complexity index is 436. The molecule has 0 atom stereocenters. The second-order valence-corrected chi connectivity index (χ2v) is 4.28. The molecule has 0 saturated heterocycles. The Morgan fingerprint density at radius 1 is 1.18 bits per heavy atom. The average Bonchev–Trinajstić information content (AvgIpc) is 2.27. The number of benzene rings is 1. The molecule has 0 unspecified atom stereocenters. The summed E-state index contributed by atoms with van der Waals surface area (Å²) >= 11 is 0. The summed E-state index contributed by atoms with van der Waals surface area (Å²) in [7, 11) is 1.43. The number of aromatic hydroxyl groups is 1. The van der Waals surface area contributed by atoms with Crippen LogP contribution in [0.3, 0.4) is 0 Å². The van der Waals surface area contributed by atoms with Gasteiger partial charge < -0.3 is 15.1 Å². The van der Waals surface area contributed by atoms with Gasteiger partial charge in [-0.15, -0.1) is 0 Å². The zero-order valence-electron chi connectivity index (χ0n) is 9.97. The smallest absolute Gasteiger partial charge is 0.329 e. The van der Waals surface area contributed by atoms with Gasteiger partial charge in [0.05, 0.1) is 0 Å². The fraction of sp³-hybridized carbons (Fsp3) is 0.333. The Morgan fingerprint density at radius 2 is 1.65 bits per heavy atom. The molecule has 0 fully saturated rings. The summed E-state index contributed by atoms with van der Waals surface area (Å²) < 4.78 is 0. The lowest BCUT2D eigenvalue weighted by Gasteiger charge is -2.31. The number of aliphatic carboxylic acids is 1. The van der Waals surface area contributed by atoms with Crippen LogP contribution in [-0.4, -0.2) is 39.6 Å². The van der Waals surface area contributed by atoms with Gasteiger partial charge in [-0.25, -0.2) is 4.79 Å². The maximum Gasteiger partial charge on any atom is 0.329 e. The minimum Gasteiger partial charge on any atom is -0.508 e. The molecular weight excluding hydrogens is 222 g/mol. The Morgan fingerprint density at radius 3 is 2.06 bits per heavy atom. The van der Waals surface area contributed by atoms with Gasteiger partial charge in [-0.2, -0.15) is 0 Å². The molecular formula is C12H15NO4. The molecule has 17 heavy (non-hydrogen) atoms. The zero-order valence-corrected chi connectivity index (χ0v) is 9.97. The van der Waals surface area contributed by atoms with Gasteiger partial charge in [0.15, 0.2) is 0 Å². The van der Waals surface area contributed by atoms with E-state index in [-0.39, 0.29) is 5.75 Å². The molecule has 5 heteroatoms. The maximum absolute atomic E-state index is 12.0. The number of rotatable bonds is 3. The Labute approximate surface area is 99.3 Å². The molecule has 0 aromatic heterocycles. The van der Waals surface area contributed by atoms with Gasteiger partial charge in [-0.05, 0) is 38.1 Å². The standard InChI is InChI=1S/C12H15NO4/c1-12(2,11(16)17)13(3)10(15)8-4-6-9(14)7-5-8/h4-7,14H,1-3H3,(H,16,17). The molecule has 0 aliphatic heterocycles. The molecule has 0 spiro atoms. The third-order valence-corrected chi connectivity index (χ3v) is 2.78. The number of amides is 1. The SMILES string of the molecule is CN(C(=O)c1ccc(O)cc1)C(C)(C)C(=O)O. The number of carbonyl (C=O) groups excluding carboxylic acids is 1. The first-order valence-corrected chi connectivity index (χ1v) is 5.07. The summed E-state index contributed by atoms with van der Waals surface area (Å²) in [5.74, 6) is -1.42. The first-order valence-electron chi connectivity index (χ1n) is 5.07. The minimum absolute atomic E-state index is 0.0571. The van der Waals surface area contributed by atoms with Crippen molar-refractivity contribution in [2.45, 2.75) is 19.4 Å². The number of phenolic OH excluding ortho intramolecular Hbond substituents is 1. The molecule has 2 N–H and O–H groups in total. The monoisotopic (exact) mass is 237 g/mol. The molecule has 5 nitrogen and oxygen atoms in total. The first kappa shape index (κ1) is 13.0. The van der Waals surface area contributed by atoms with Crippen LogP contribution < -0.4 is 0 Å². The molecule has 0 radical (unpaired) electrons. The third kappa shape index (κ3) is 2.55. The summed E-state index contributed by atoms with van der Waals surface area (Å²) in [6.07, 6.45) is 0. The van der Waals surface area contributed by atoms with Crippen molar-refractivity contribution >= 4 is 11.9 Å². The second kappa shape index (κ2) is 4.45. The van der Waals surface area contributed by atoms with Crippen molar-refractivity contribution in [3.8, 4) is 5.75 Å².